The van der Waals surface area contributed by atoms with Gasteiger partial charge in [-0.15, -0.1) is 0 Å². The summed E-state index contributed by atoms with van der Waals surface area (Å²) in [6, 6.07) is 5.54. The summed E-state index contributed by atoms with van der Waals surface area (Å²) in [6.45, 7) is 6.43. The monoisotopic (exact) mass is 372 g/mol. The Morgan fingerprint density at radius 2 is 2.11 bits per heavy atom. The molecule has 1 N–H and O–H groups in total. The van der Waals surface area contributed by atoms with E-state index in [2.05, 4.69) is 26.1 Å². The summed E-state index contributed by atoms with van der Waals surface area (Å²) in [5, 5.41) is 7.47. The van der Waals surface area contributed by atoms with E-state index in [9.17, 15) is 4.79 Å². The van der Waals surface area contributed by atoms with E-state index in [4.69, 9.17) is 9.15 Å². The van der Waals surface area contributed by atoms with Gasteiger partial charge in [-0.1, -0.05) is 0 Å². The average Bonchev–Trinajstić information content (AvgIpc) is 3.32. The Bertz CT molecular complexity index is 721. The molecule has 4 rings (SSSR count). The second-order valence-electron chi connectivity index (χ2n) is 7.64. The number of amides is 1. The number of rotatable bonds is 6. The Balaban J connectivity index is 1.34. The lowest BCUT2D eigenvalue weighted by Crippen LogP contribution is -2.35. The van der Waals surface area contributed by atoms with Gasteiger partial charge < -0.3 is 14.5 Å². The van der Waals surface area contributed by atoms with Crippen molar-refractivity contribution in [2.45, 2.75) is 32.4 Å². The number of ether oxygens (including phenoxy) is 1. The van der Waals surface area contributed by atoms with E-state index in [1.165, 1.54) is 12.0 Å². The Kier molecular flexibility index (Phi) is 5.89. The first kappa shape index (κ1) is 18.3. The molecule has 27 heavy (non-hydrogen) atoms. The number of nitrogens with zero attached hydrogens (tertiary/aromatic N) is 3. The molecule has 0 aliphatic carbocycles. The smallest absolute Gasteiger partial charge is 0.286 e. The fraction of sp³-hybridized carbons (Fsp3) is 0.600. The summed E-state index contributed by atoms with van der Waals surface area (Å²) in [7, 11) is 0. The molecular weight excluding hydrogens is 344 g/mol. The predicted octanol–water partition coefficient (Wildman–Crippen LogP) is 2.15. The van der Waals surface area contributed by atoms with Gasteiger partial charge in [0.1, 0.15) is 0 Å². The molecule has 1 saturated heterocycles. The Hall–Kier alpha value is -2.12. The number of aromatic nitrogens is 2. The van der Waals surface area contributed by atoms with Crippen molar-refractivity contribution in [1.82, 2.24) is 20.0 Å². The first-order valence-electron chi connectivity index (χ1n) is 9.90. The Morgan fingerprint density at radius 1 is 1.22 bits per heavy atom. The number of carbonyl (C=O) groups excluding carboxylic acids is 1. The van der Waals surface area contributed by atoms with Crippen LogP contribution >= 0.6 is 0 Å². The van der Waals surface area contributed by atoms with Gasteiger partial charge >= 0.3 is 0 Å². The van der Waals surface area contributed by atoms with Crippen LogP contribution in [-0.2, 0) is 17.8 Å². The van der Waals surface area contributed by atoms with E-state index >= 15 is 0 Å². The molecule has 1 fully saturated rings. The molecule has 1 atom stereocenters. The third-order valence-electron chi connectivity index (χ3n) is 5.58. The highest BCUT2D eigenvalue weighted by molar-refractivity contribution is 5.91. The molecule has 7 heteroatoms. The molecule has 146 valence electrons. The molecule has 2 aromatic heterocycles. The summed E-state index contributed by atoms with van der Waals surface area (Å²) in [6.07, 6.45) is 6.64. The van der Waals surface area contributed by atoms with Crippen molar-refractivity contribution in [3.05, 3.63) is 42.1 Å². The number of fused-ring (bicyclic) bond motifs is 1. The van der Waals surface area contributed by atoms with Crippen LogP contribution in [0.4, 0.5) is 0 Å². The molecule has 0 unspecified atom stereocenters. The molecule has 0 saturated carbocycles. The minimum atomic E-state index is -0.146. The number of nitrogens with one attached hydrogen (secondary N) is 1. The second-order valence-corrected chi connectivity index (χ2v) is 7.64. The van der Waals surface area contributed by atoms with Gasteiger partial charge in [-0.25, -0.2) is 0 Å². The van der Waals surface area contributed by atoms with Crippen LogP contribution in [0.25, 0.3) is 0 Å². The SMILES string of the molecule is O=C(NCC[C@H]1CN(CC2CCOCC2)Cc2ccnn2C1)c1ccco1. The van der Waals surface area contributed by atoms with Crippen molar-refractivity contribution in [2.24, 2.45) is 11.8 Å². The lowest BCUT2D eigenvalue weighted by molar-refractivity contribution is 0.0493. The van der Waals surface area contributed by atoms with Crippen LogP contribution in [-0.4, -0.2) is 53.4 Å². The average molecular weight is 372 g/mol. The first-order chi connectivity index (χ1) is 13.3. The minimum Gasteiger partial charge on any atom is -0.459 e. The van der Waals surface area contributed by atoms with Gasteiger partial charge in [0, 0.05) is 52.1 Å². The Labute approximate surface area is 159 Å². The van der Waals surface area contributed by atoms with Crippen LogP contribution in [0.1, 0.15) is 35.5 Å². The highest BCUT2D eigenvalue weighted by atomic mass is 16.5. The molecule has 2 aliphatic rings. The summed E-state index contributed by atoms with van der Waals surface area (Å²) in [5.41, 5.74) is 1.28. The number of furan rings is 1. The van der Waals surface area contributed by atoms with E-state index in [1.807, 2.05) is 6.20 Å². The van der Waals surface area contributed by atoms with Gasteiger partial charge in [0.25, 0.3) is 5.91 Å². The lowest BCUT2D eigenvalue weighted by atomic mass is 9.98. The maximum absolute atomic E-state index is 12.1. The van der Waals surface area contributed by atoms with Crippen molar-refractivity contribution in [2.75, 3.05) is 32.8 Å². The van der Waals surface area contributed by atoms with Crippen molar-refractivity contribution >= 4 is 5.91 Å². The van der Waals surface area contributed by atoms with Gasteiger partial charge in [0.15, 0.2) is 5.76 Å². The van der Waals surface area contributed by atoms with Gasteiger partial charge in [0.05, 0.1) is 12.0 Å². The van der Waals surface area contributed by atoms with Gasteiger partial charge in [-0.3, -0.25) is 14.4 Å². The molecule has 0 bridgehead atoms. The lowest BCUT2D eigenvalue weighted by Gasteiger charge is -2.30. The van der Waals surface area contributed by atoms with Crippen molar-refractivity contribution in [3.8, 4) is 0 Å². The zero-order valence-corrected chi connectivity index (χ0v) is 15.7. The molecule has 2 aromatic rings. The standard InChI is InChI=1S/C20H28N4O3/c25-20(19-2-1-9-27-19)21-7-3-17-13-23(12-16-5-10-26-11-6-16)15-18-4-8-22-24(18)14-17/h1-2,4,8-9,16-17H,3,5-7,10-15H2,(H,21,25)/t17-/m0/s1. The van der Waals surface area contributed by atoms with Gasteiger partial charge in [-0.2, -0.15) is 5.10 Å². The largest absolute Gasteiger partial charge is 0.459 e. The maximum Gasteiger partial charge on any atom is 0.286 e. The predicted molar refractivity (Wildman–Crippen MR) is 100 cm³/mol. The summed E-state index contributed by atoms with van der Waals surface area (Å²) in [5.74, 6) is 1.40. The third-order valence-corrected chi connectivity index (χ3v) is 5.58. The summed E-state index contributed by atoms with van der Waals surface area (Å²) < 4.78 is 12.8. The molecule has 4 heterocycles. The third kappa shape index (κ3) is 4.78. The van der Waals surface area contributed by atoms with Crippen LogP contribution in [0.5, 0.6) is 0 Å². The van der Waals surface area contributed by atoms with Crippen LogP contribution in [0.15, 0.2) is 35.1 Å². The highest BCUT2D eigenvalue weighted by Gasteiger charge is 2.25. The Morgan fingerprint density at radius 3 is 2.93 bits per heavy atom. The molecule has 0 aromatic carbocycles. The molecule has 0 radical (unpaired) electrons. The summed E-state index contributed by atoms with van der Waals surface area (Å²) in [4.78, 5) is 14.6. The quantitative estimate of drug-likeness (QED) is 0.841. The highest BCUT2D eigenvalue weighted by Crippen LogP contribution is 2.22. The molecular formula is C20H28N4O3. The van der Waals surface area contributed by atoms with Gasteiger partial charge in [0.2, 0.25) is 0 Å². The number of hydrogen-bond acceptors (Lipinski definition) is 5. The normalized spacial score (nSPS) is 21.6. The number of carbonyl (C=O) groups is 1. The zero-order valence-electron chi connectivity index (χ0n) is 15.7. The fourth-order valence-corrected chi connectivity index (χ4v) is 4.12. The van der Waals surface area contributed by atoms with E-state index < -0.39 is 0 Å². The number of hydrogen-bond donors (Lipinski definition) is 1. The fourth-order valence-electron chi connectivity index (χ4n) is 4.12. The molecule has 7 nitrogen and oxygen atoms in total. The topological polar surface area (TPSA) is 72.5 Å². The zero-order chi connectivity index (χ0) is 18.5. The maximum atomic E-state index is 12.1. The van der Waals surface area contributed by atoms with Crippen molar-refractivity contribution in [1.29, 1.82) is 0 Å². The van der Waals surface area contributed by atoms with E-state index in [0.717, 1.165) is 58.7 Å². The van der Waals surface area contributed by atoms with Crippen LogP contribution in [0.3, 0.4) is 0 Å². The minimum absolute atomic E-state index is 0.146. The summed E-state index contributed by atoms with van der Waals surface area (Å²) >= 11 is 0. The van der Waals surface area contributed by atoms with Crippen LogP contribution < -0.4 is 5.32 Å². The van der Waals surface area contributed by atoms with E-state index in [0.29, 0.717) is 24.1 Å². The van der Waals surface area contributed by atoms with E-state index in [1.54, 1.807) is 12.1 Å². The van der Waals surface area contributed by atoms with E-state index in [-0.39, 0.29) is 5.91 Å². The van der Waals surface area contributed by atoms with Crippen LogP contribution in [0.2, 0.25) is 0 Å². The molecule has 0 spiro atoms. The van der Waals surface area contributed by atoms with Crippen LogP contribution in [0, 0.1) is 11.8 Å². The molecule has 2 aliphatic heterocycles. The van der Waals surface area contributed by atoms with Crippen molar-refractivity contribution < 1.29 is 13.9 Å². The molecule has 1 amide bonds. The first-order valence-corrected chi connectivity index (χ1v) is 9.90. The second kappa shape index (κ2) is 8.71. The van der Waals surface area contributed by atoms with Crippen molar-refractivity contribution in [3.63, 3.8) is 0 Å². The van der Waals surface area contributed by atoms with Gasteiger partial charge in [-0.05, 0) is 49.3 Å².